The van der Waals surface area contributed by atoms with E-state index in [1.807, 2.05) is 0 Å². The van der Waals surface area contributed by atoms with Crippen LogP contribution in [0.2, 0.25) is 5.02 Å². The van der Waals surface area contributed by atoms with Gasteiger partial charge >= 0.3 is 5.82 Å². The lowest BCUT2D eigenvalue weighted by molar-refractivity contribution is -0.391. The lowest BCUT2D eigenvalue weighted by Gasteiger charge is -2.05. The fourth-order valence-corrected chi connectivity index (χ4v) is 1.48. The predicted octanol–water partition coefficient (Wildman–Crippen LogP) is 2.02. The first-order valence-electron chi connectivity index (χ1n) is 4.94. The zero-order chi connectivity index (χ0) is 14.7. The van der Waals surface area contributed by atoms with Crippen LogP contribution < -0.4 is 5.32 Å². The highest BCUT2D eigenvalue weighted by Gasteiger charge is 2.27. The van der Waals surface area contributed by atoms with E-state index in [0.29, 0.717) is 0 Å². The van der Waals surface area contributed by atoms with E-state index in [2.05, 4.69) is 25.4 Å². The molecule has 0 spiro atoms. The van der Waals surface area contributed by atoms with Crippen LogP contribution in [0.25, 0.3) is 0 Å². The second-order valence-corrected chi connectivity index (χ2v) is 3.80. The van der Waals surface area contributed by atoms with Crippen molar-refractivity contribution >= 4 is 28.9 Å². The third-order valence-electron chi connectivity index (χ3n) is 2.15. The van der Waals surface area contributed by atoms with Crippen molar-refractivity contribution in [3.63, 3.8) is 0 Å². The summed E-state index contributed by atoms with van der Waals surface area (Å²) in [5.41, 5.74) is -0.195. The van der Waals surface area contributed by atoms with Crippen LogP contribution in [0.5, 0.6) is 0 Å². The molecule has 2 N–H and O–H groups in total. The second kappa shape index (κ2) is 5.48. The molecule has 0 saturated carbocycles. The number of anilines is 1. The first-order chi connectivity index (χ1) is 9.52. The Morgan fingerprint density at radius 1 is 1.55 bits per heavy atom. The molecule has 11 heteroatoms. The molecular formula is C9H5ClFN5O4. The third kappa shape index (κ3) is 2.64. The maximum absolute atomic E-state index is 13.0. The number of halogens is 2. The Morgan fingerprint density at radius 3 is 2.90 bits per heavy atom. The molecular weight excluding hydrogens is 297 g/mol. The number of aromatic nitrogens is 2. The molecule has 1 heterocycles. The number of nitro groups is 1. The topological polar surface area (TPSA) is 127 Å². The molecule has 20 heavy (non-hydrogen) atoms. The van der Waals surface area contributed by atoms with Gasteiger partial charge in [-0.25, -0.2) is 4.39 Å². The van der Waals surface area contributed by atoms with Crippen molar-refractivity contribution < 1.29 is 19.2 Å². The smallest absolute Gasteiger partial charge is 0.409 e. The van der Waals surface area contributed by atoms with E-state index in [4.69, 9.17) is 16.8 Å². The van der Waals surface area contributed by atoms with E-state index in [1.165, 1.54) is 12.1 Å². The van der Waals surface area contributed by atoms with Gasteiger partial charge in [-0.15, -0.1) is 4.63 Å². The number of amidine groups is 1. The fraction of sp³-hybridized carbons (Fsp3) is 0. The Balaban J connectivity index is 2.32. The van der Waals surface area contributed by atoms with E-state index in [9.17, 15) is 14.5 Å². The molecule has 0 atom stereocenters. The minimum Gasteiger partial charge on any atom is -0.409 e. The molecule has 0 aliphatic rings. The lowest BCUT2D eigenvalue weighted by Crippen LogP contribution is -2.16. The van der Waals surface area contributed by atoms with Gasteiger partial charge in [-0.05, 0) is 28.3 Å². The summed E-state index contributed by atoms with van der Waals surface area (Å²) in [6.45, 7) is 0. The molecule has 2 rings (SSSR count). The van der Waals surface area contributed by atoms with Gasteiger partial charge in [0, 0.05) is 5.69 Å². The van der Waals surface area contributed by atoms with Gasteiger partial charge in [0.25, 0.3) is 5.69 Å². The molecule has 0 bridgehead atoms. The molecule has 2 aromatic rings. The number of nitrogens with one attached hydrogen (secondary N) is 1. The van der Waals surface area contributed by atoms with Crippen molar-refractivity contribution in [1.82, 2.24) is 10.3 Å². The van der Waals surface area contributed by atoms with E-state index in [-0.39, 0.29) is 10.7 Å². The zero-order valence-corrected chi connectivity index (χ0v) is 10.2. The van der Waals surface area contributed by atoms with Crippen molar-refractivity contribution in [3.05, 3.63) is 44.8 Å². The summed E-state index contributed by atoms with van der Waals surface area (Å²) < 4.78 is 17.2. The summed E-state index contributed by atoms with van der Waals surface area (Å²) in [7, 11) is 0. The summed E-state index contributed by atoms with van der Waals surface area (Å²) >= 11 is 5.58. The highest BCUT2D eigenvalue weighted by atomic mass is 35.5. The van der Waals surface area contributed by atoms with Crippen molar-refractivity contribution in [3.8, 4) is 0 Å². The summed E-state index contributed by atoms with van der Waals surface area (Å²) in [6, 6.07) is 3.54. The molecule has 1 aromatic carbocycles. The maximum Gasteiger partial charge on any atom is 0.446 e. The first kappa shape index (κ1) is 13.7. The zero-order valence-electron chi connectivity index (χ0n) is 9.45. The summed E-state index contributed by atoms with van der Waals surface area (Å²) in [5, 5.41) is 31.0. The minimum absolute atomic E-state index is 0.180. The highest BCUT2D eigenvalue weighted by Crippen LogP contribution is 2.21. The van der Waals surface area contributed by atoms with Crippen LogP contribution in [0, 0.1) is 15.9 Å². The lowest BCUT2D eigenvalue weighted by atomic mass is 10.3. The number of hydrogen-bond donors (Lipinski definition) is 2. The van der Waals surface area contributed by atoms with E-state index in [0.717, 1.165) is 6.07 Å². The van der Waals surface area contributed by atoms with Crippen LogP contribution in [0.4, 0.5) is 15.9 Å². The van der Waals surface area contributed by atoms with Crippen LogP contribution in [-0.4, -0.2) is 26.3 Å². The van der Waals surface area contributed by atoms with Crippen molar-refractivity contribution in [2.75, 3.05) is 5.32 Å². The van der Waals surface area contributed by atoms with Gasteiger partial charge in [0.1, 0.15) is 5.82 Å². The Bertz CT molecular complexity index is 689. The molecule has 1 aromatic heterocycles. The van der Waals surface area contributed by atoms with Crippen LogP contribution in [0.1, 0.15) is 5.69 Å². The number of hydrogen-bond acceptors (Lipinski definition) is 7. The number of oxime groups is 1. The number of nitrogens with zero attached hydrogens (tertiary/aromatic N) is 4. The molecule has 0 saturated heterocycles. The average Bonchev–Trinajstić information content (AvgIpc) is 2.89. The van der Waals surface area contributed by atoms with Gasteiger partial charge in [0.2, 0.25) is 5.84 Å². The SMILES string of the molecule is O=[N+]([O-])c1nonc1/C(=N\O)Nc1ccc(F)c(Cl)c1. The monoisotopic (exact) mass is 301 g/mol. The molecule has 9 nitrogen and oxygen atoms in total. The Hall–Kier alpha value is -2.75. The maximum atomic E-state index is 13.0. The normalized spacial score (nSPS) is 11.4. The van der Waals surface area contributed by atoms with Gasteiger partial charge in [-0.3, -0.25) is 0 Å². The Kier molecular flexibility index (Phi) is 3.75. The Morgan fingerprint density at radius 2 is 2.30 bits per heavy atom. The van der Waals surface area contributed by atoms with Crippen LogP contribution in [-0.2, 0) is 0 Å². The van der Waals surface area contributed by atoms with Gasteiger partial charge in [-0.1, -0.05) is 16.8 Å². The first-order valence-corrected chi connectivity index (χ1v) is 5.32. The van der Waals surface area contributed by atoms with Gasteiger partial charge in [-0.2, -0.15) is 0 Å². The third-order valence-corrected chi connectivity index (χ3v) is 2.44. The molecule has 0 amide bonds. The van der Waals surface area contributed by atoms with Gasteiger partial charge in [0.05, 0.1) is 5.02 Å². The number of rotatable bonds is 3. The molecule has 104 valence electrons. The van der Waals surface area contributed by atoms with Crippen molar-refractivity contribution in [2.24, 2.45) is 5.16 Å². The molecule has 0 unspecified atom stereocenters. The molecule has 0 radical (unpaired) electrons. The highest BCUT2D eigenvalue weighted by molar-refractivity contribution is 6.31. The van der Waals surface area contributed by atoms with E-state index >= 15 is 0 Å². The largest absolute Gasteiger partial charge is 0.446 e. The van der Waals surface area contributed by atoms with E-state index < -0.39 is 28.1 Å². The molecule has 0 aliphatic carbocycles. The average molecular weight is 302 g/mol. The van der Waals surface area contributed by atoms with Crippen LogP contribution in [0.3, 0.4) is 0 Å². The van der Waals surface area contributed by atoms with Crippen LogP contribution in [0.15, 0.2) is 28.0 Å². The fourth-order valence-electron chi connectivity index (χ4n) is 1.30. The minimum atomic E-state index is -0.865. The second-order valence-electron chi connectivity index (χ2n) is 3.40. The molecule has 0 fully saturated rings. The quantitative estimate of drug-likeness (QED) is 0.292. The Labute approximate surface area is 114 Å². The summed E-state index contributed by atoms with van der Waals surface area (Å²) in [5.74, 6) is -1.78. The van der Waals surface area contributed by atoms with Crippen molar-refractivity contribution in [2.45, 2.75) is 0 Å². The summed E-state index contributed by atoms with van der Waals surface area (Å²) in [6.07, 6.45) is 0. The molecule has 0 aliphatic heterocycles. The number of benzene rings is 1. The van der Waals surface area contributed by atoms with Gasteiger partial charge in [0.15, 0.2) is 5.16 Å². The van der Waals surface area contributed by atoms with Crippen molar-refractivity contribution in [1.29, 1.82) is 0 Å². The predicted molar refractivity (Wildman–Crippen MR) is 64.3 cm³/mol. The summed E-state index contributed by atoms with van der Waals surface area (Å²) in [4.78, 5) is 9.80. The standard InChI is InChI=1S/C9H5ClFN5O4/c10-5-3-4(1-2-6(5)11)12-8(13-17)7-9(16(18)19)15-20-14-7/h1-3,17H,(H,12,13). The van der Waals surface area contributed by atoms with Crippen LogP contribution >= 0.6 is 11.6 Å². The van der Waals surface area contributed by atoms with Gasteiger partial charge < -0.3 is 20.6 Å². The van der Waals surface area contributed by atoms with E-state index in [1.54, 1.807) is 0 Å².